The maximum atomic E-state index is 12.7. The molecule has 1 aromatic heterocycles. The third-order valence-electron chi connectivity index (χ3n) is 1.30. The van der Waals surface area contributed by atoms with Crippen LogP contribution < -0.4 is 0 Å². The molecule has 0 aliphatic carbocycles. The lowest BCUT2D eigenvalue weighted by molar-refractivity contribution is 0.111. The highest BCUT2D eigenvalue weighted by molar-refractivity contribution is 6.19. The molecule has 1 heterocycles. The highest BCUT2D eigenvalue weighted by Gasteiger charge is 2.01. The third-order valence-corrected chi connectivity index (χ3v) is 1.43. The first-order valence-corrected chi connectivity index (χ1v) is 3.97. The van der Waals surface area contributed by atoms with Crippen molar-refractivity contribution in [1.82, 2.24) is 4.98 Å². The number of alkyl halides is 1. The lowest BCUT2D eigenvalue weighted by Gasteiger charge is -1.93. The van der Waals surface area contributed by atoms with Crippen molar-refractivity contribution in [2.75, 3.05) is 5.88 Å². The van der Waals surface area contributed by atoms with Crippen LogP contribution in [0.3, 0.4) is 0 Å². The zero-order chi connectivity index (χ0) is 9.68. The molecule has 66 valence electrons. The van der Waals surface area contributed by atoms with Crippen LogP contribution in [0.25, 0.3) is 0 Å². The van der Waals surface area contributed by atoms with Gasteiger partial charge in [0.1, 0.15) is 5.69 Å². The summed E-state index contributed by atoms with van der Waals surface area (Å²) >= 11 is 5.31. The van der Waals surface area contributed by atoms with Gasteiger partial charge in [-0.3, -0.25) is 4.79 Å². The Morgan fingerprint density at radius 2 is 2.46 bits per heavy atom. The molecule has 0 fully saturated rings. The fraction of sp³-hybridized carbons (Fsp3) is 0.111. The molecule has 0 saturated carbocycles. The van der Waals surface area contributed by atoms with Crippen molar-refractivity contribution in [3.63, 3.8) is 0 Å². The Morgan fingerprint density at radius 1 is 1.69 bits per heavy atom. The van der Waals surface area contributed by atoms with Crippen LogP contribution in [-0.4, -0.2) is 17.2 Å². The largest absolute Gasteiger partial charge is 0.298 e. The molecular weight excluding hydrogens is 193 g/mol. The van der Waals surface area contributed by atoms with Gasteiger partial charge in [0, 0.05) is 0 Å². The molecule has 0 aliphatic heterocycles. The van der Waals surface area contributed by atoms with E-state index in [0.717, 1.165) is 6.20 Å². The summed E-state index contributed by atoms with van der Waals surface area (Å²) in [6, 6.07) is 1.28. The number of rotatable bonds is 1. The smallest absolute Gasteiger partial charge is 0.153 e. The van der Waals surface area contributed by atoms with E-state index in [2.05, 4.69) is 16.8 Å². The number of aldehydes is 1. The van der Waals surface area contributed by atoms with Crippen molar-refractivity contribution in [3.8, 4) is 11.8 Å². The Hall–Kier alpha value is -1.40. The number of aromatic nitrogens is 1. The minimum absolute atomic E-state index is 0.0473. The second-order valence-electron chi connectivity index (χ2n) is 2.14. The monoisotopic (exact) mass is 197 g/mol. The quantitative estimate of drug-likeness (QED) is 0.389. The topological polar surface area (TPSA) is 30.0 Å². The SMILES string of the molecule is O=Cc1cc(C#CCCl)ncc1F. The van der Waals surface area contributed by atoms with Gasteiger partial charge in [-0.05, 0) is 12.0 Å². The zero-order valence-corrected chi connectivity index (χ0v) is 7.31. The number of carbonyl (C=O) groups is 1. The molecule has 0 unspecified atom stereocenters. The highest BCUT2D eigenvalue weighted by atomic mass is 35.5. The van der Waals surface area contributed by atoms with Gasteiger partial charge in [-0.2, -0.15) is 0 Å². The van der Waals surface area contributed by atoms with Gasteiger partial charge in [-0.25, -0.2) is 9.37 Å². The third kappa shape index (κ3) is 2.53. The molecule has 0 aromatic carbocycles. The maximum Gasteiger partial charge on any atom is 0.153 e. The maximum absolute atomic E-state index is 12.7. The molecule has 1 aromatic rings. The molecule has 0 amide bonds. The minimum atomic E-state index is -0.647. The summed E-state index contributed by atoms with van der Waals surface area (Å²) in [5.74, 6) is 4.66. The van der Waals surface area contributed by atoms with Gasteiger partial charge >= 0.3 is 0 Å². The second-order valence-corrected chi connectivity index (χ2v) is 2.41. The molecule has 0 aliphatic rings. The number of hydrogen-bond acceptors (Lipinski definition) is 2. The van der Waals surface area contributed by atoms with Crippen molar-refractivity contribution in [2.24, 2.45) is 0 Å². The van der Waals surface area contributed by atoms with Crippen LogP contribution >= 0.6 is 11.6 Å². The molecule has 0 atom stereocenters. The summed E-state index contributed by atoms with van der Waals surface area (Å²) < 4.78 is 12.7. The van der Waals surface area contributed by atoms with E-state index in [1.54, 1.807) is 0 Å². The molecule has 1 rings (SSSR count). The predicted octanol–water partition coefficient (Wildman–Crippen LogP) is 1.62. The Labute approximate surface area is 79.7 Å². The molecular formula is C9H5ClFNO. The normalized spacial score (nSPS) is 8.77. The van der Waals surface area contributed by atoms with Crippen LogP contribution in [0.5, 0.6) is 0 Å². The van der Waals surface area contributed by atoms with Gasteiger partial charge in [-0.15, -0.1) is 11.6 Å². The van der Waals surface area contributed by atoms with Gasteiger partial charge in [0.25, 0.3) is 0 Å². The summed E-state index contributed by atoms with van der Waals surface area (Å²) in [5, 5.41) is 0. The zero-order valence-electron chi connectivity index (χ0n) is 6.55. The molecule has 0 radical (unpaired) electrons. The van der Waals surface area contributed by atoms with Gasteiger partial charge in [0.15, 0.2) is 12.1 Å². The van der Waals surface area contributed by atoms with Gasteiger partial charge < -0.3 is 0 Å². The number of hydrogen-bond donors (Lipinski definition) is 0. The highest BCUT2D eigenvalue weighted by Crippen LogP contribution is 2.03. The molecule has 13 heavy (non-hydrogen) atoms. The van der Waals surface area contributed by atoms with E-state index >= 15 is 0 Å². The Morgan fingerprint density at radius 3 is 3.08 bits per heavy atom. The van der Waals surface area contributed by atoms with E-state index in [0.29, 0.717) is 12.0 Å². The number of halogens is 2. The van der Waals surface area contributed by atoms with Crippen LogP contribution in [-0.2, 0) is 0 Å². The summed E-state index contributed by atoms with van der Waals surface area (Å²) in [5.41, 5.74) is 0.290. The first-order chi connectivity index (χ1) is 6.27. The molecule has 4 heteroatoms. The molecule has 0 saturated heterocycles. The summed E-state index contributed by atoms with van der Waals surface area (Å²) in [4.78, 5) is 14.0. The first-order valence-electron chi connectivity index (χ1n) is 3.43. The van der Waals surface area contributed by atoms with E-state index in [4.69, 9.17) is 11.6 Å². The predicted molar refractivity (Wildman–Crippen MR) is 47.2 cm³/mol. The molecule has 2 nitrogen and oxygen atoms in total. The lowest BCUT2D eigenvalue weighted by Crippen LogP contribution is -1.92. The second kappa shape index (κ2) is 4.58. The van der Waals surface area contributed by atoms with E-state index in [-0.39, 0.29) is 11.4 Å². The Kier molecular flexibility index (Phi) is 3.41. The van der Waals surface area contributed by atoms with E-state index in [1.807, 2.05) is 0 Å². The average molecular weight is 198 g/mol. The van der Waals surface area contributed by atoms with Gasteiger partial charge in [0.05, 0.1) is 17.6 Å². The minimum Gasteiger partial charge on any atom is -0.298 e. The van der Waals surface area contributed by atoms with Gasteiger partial charge in [-0.1, -0.05) is 5.92 Å². The fourth-order valence-corrected chi connectivity index (χ4v) is 0.804. The van der Waals surface area contributed by atoms with Crippen molar-refractivity contribution in [2.45, 2.75) is 0 Å². The van der Waals surface area contributed by atoms with Crippen LogP contribution in [0.1, 0.15) is 16.1 Å². The molecule has 0 spiro atoms. The fourth-order valence-electron chi connectivity index (χ4n) is 0.737. The first kappa shape index (κ1) is 9.69. The standard InChI is InChI=1S/C9H5ClFNO/c10-3-1-2-8-4-7(6-13)9(11)5-12-8/h4-6H,3H2. The van der Waals surface area contributed by atoms with Crippen molar-refractivity contribution >= 4 is 17.9 Å². The van der Waals surface area contributed by atoms with E-state index in [1.165, 1.54) is 6.07 Å². The van der Waals surface area contributed by atoms with E-state index < -0.39 is 5.82 Å². The summed E-state index contributed by atoms with van der Waals surface area (Å²) in [7, 11) is 0. The van der Waals surface area contributed by atoms with Crippen molar-refractivity contribution < 1.29 is 9.18 Å². The van der Waals surface area contributed by atoms with Crippen LogP contribution in [0, 0.1) is 17.7 Å². The average Bonchev–Trinajstić information content (AvgIpc) is 2.16. The molecule has 0 N–H and O–H groups in total. The number of carbonyl (C=O) groups excluding carboxylic acids is 1. The number of pyridine rings is 1. The van der Waals surface area contributed by atoms with Crippen LogP contribution in [0.15, 0.2) is 12.3 Å². The Bertz CT molecular complexity index is 381. The van der Waals surface area contributed by atoms with Crippen LogP contribution in [0.4, 0.5) is 4.39 Å². The summed E-state index contributed by atoms with van der Waals surface area (Å²) in [6.45, 7) is 0. The van der Waals surface area contributed by atoms with E-state index in [9.17, 15) is 9.18 Å². The number of nitrogens with zero attached hydrogens (tertiary/aromatic N) is 1. The summed E-state index contributed by atoms with van der Waals surface area (Å²) in [6.07, 6.45) is 1.38. The van der Waals surface area contributed by atoms with Crippen molar-refractivity contribution in [1.29, 1.82) is 0 Å². The van der Waals surface area contributed by atoms with Crippen LogP contribution in [0.2, 0.25) is 0 Å². The van der Waals surface area contributed by atoms with Gasteiger partial charge in [0.2, 0.25) is 0 Å². The molecule has 0 bridgehead atoms. The lowest BCUT2D eigenvalue weighted by atomic mass is 10.2. The van der Waals surface area contributed by atoms with Crippen molar-refractivity contribution in [3.05, 3.63) is 29.3 Å². The Balaban J connectivity index is 3.06.